The minimum absolute atomic E-state index is 0.0384. The van der Waals surface area contributed by atoms with Crippen molar-refractivity contribution in [2.45, 2.75) is 30.4 Å². The summed E-state index contributed by atoms with van der Waals surface area (Å²) in [6.07, 6.45) is 0. The Bertz CT molecular complexity index is 608. The first-order chi connectivity index (χ1) is 7.85. The van der Waals surface area contributed by atoms with Crippen LogP contribution in [0.15, 0.2) is 38.4 Å². The fourth-order valence-corrected chi connectivity index (χ4v) is 2.55. The Labute approximate surface area is 103 Å². The van der Waals surface area contributed by atoms with Crippen molar-refractivity contribution in [1.29, 1.82) is 0 Å². The third kappa shape index (κ3) is 2.82. The maximum Gasteiger partial charge on any atom is 0.339 e. The summed E-state index contributed by atoms with van der Waals surface area (Å²) in [5.74, 6) is -0.0384. The molecule has 0 bridgehead atoms. The highest BCUT2D eigenvalue weighted by molar-refractivity contribution is 8.00. The lowest BCUT2D eigenvalue weighted by Gasteiger charge is -2.17. The summed E-state index contributed by atoms with van der Waals surface area (Å²) >= 11 is 1.68. The topological polar surface area (TPSA) is 50.4 Å². The number of fused-ring (bicyclic) bond motifs is 1. The number of hydrogen-bond donors (Lipinski definition) is 1. The van der Waals surface area contributed by atoms with Crippen molar-refractivity contribution >= 4 is 22.7 Å². The number of hydrogen-bond acceptors (Lipinski definition) is 4. The summed E-state index contributed by atoms with van der Waals surface area (Å²) in [5, 5.41) is 10.2. The van der Waals surface area contributed by atoms with E-state index in [0.29, 0.717) is 11.0 Å². The highest BCUT2D eigenvalue weighted by Crippen LogP contribution is 2.34. The lowest BCUT2D eigenvalue weighted by atomic mass is 10.2. The number of rotatable bonds is 1. The Kier molecular flexibility index (Phi) is 2.91. The van der Waals surface area contributed by atoms with E-state index in [4.69, 9.17) is 4.42 Å². The lowest BCUT2D eigenvalue weighted by molar-refractivity contribution is 0.468. The Morgan fingerprint density at radius 3 is 2.59 bits per heavy atom. The minimum atomic E-state index is -0.534. The molecule has 0 aliphatic carbocycles. The van der Waals surface area contributed by atoms with Crippen LogP contribution in [0.25, 0.3) is 11.0 Å². The van der Waals surface area contributed by atoms with Crippen LogP contribution >= 0.6 is 11.8 Å². The third-order valence-electron chi connectivity index (χ3n) is 2.12. The molecule has 1 heterocycles. The minimum Gasteiger partial charge on any atom is -0.507 e. The van der Waals surface area contributed by atoms with Gasteiger partial charge >= 0.3 is 5.63 Å². The average molecular weight is 250 g/mol. The molecule has 0 aliphatic rings. The molecule has 0 spiro atoms. The van der Waals surface area contributed by atoms with Crippen LogP contribution in [0.1, 0.15) is 20.8 Å². The molecule has 0 amide bonds. The van der Waals surface area contributed by atoms with Crippen LogP contribution in [-0.2, 0) is 0 Å². The molecule has 17 heavy (non-hydrogen) atoms. The fraction of sp³-hybridized carbons (Fsp3) is 0.308. The van der Waals surface area contributed by atoms with E-state index in [2.05, 4.69) is 20.8 Å². The number of benzene rings is 1. The molecule has 90 valence electrons. The van der Waals surface area contributed by atoms with Crippen LogP contribution in [0.2, 0.25) is 0 Å². The van der Waals surface area contributed by atoms with Gasteiger partial charge in [0.05, 0.1) is 11.5 Å². The fourth-order valence-electron chi connectivity index (χ4n) is 1.54. The summed E-state index contributed by atoms with van der Waals surface area (Å²) < 4.78 is 5.16. The highest BCUT2D eigenvalue weighted by Gasteiger charge is 2.13. The standard InChI is InChI=1S/C13H14O3S/c1-13(2,3)17-8-4-5-9-10(14)7-12(15)16-11(9)6-8/h4-7,14H,1-3H3. The van der Waals surface area contributed by atoms with Crippen LogP contribution in [0, 0.1) is 0 Å². The second-order valence-corrected chi connectivity index (χ2v) is 6.72. The molecule has 1 aromatic heterocycles. The van der Waals surface area contributed by atoms with Crippen molar-refractivity contribution in [3.8, 4) is 5.75 Å². The van der Waals surface area contributed by atoms with Gasteiger partial charge < -0.3 is 9.52 Å². The van der Waals surface area contributed by atoms with E-state index in [0.717, 1.165) is 11.0 Å². The van der Waals surface area contributed by atoms with Crippen molar-refractivity contribution in [3.05, 3.63) is 34.7 Å². The Hall–Kier alpha value is -1.42. The maximum absolute atomic E-state index is 11.2. The van der Waals surface area contributed by atoms with Gasteiger partial charge in [-0.2, -0.15) is 0 Å². The first-order valence-electron chi connectivity index (χ1n) is 5.31. The van der Waals surface area contributed by atoms with E-state index in [1.54, 1.807) is 23.9 Å². The van der Waals surface area contributed by atoms with E-state index in [9.17, 15) is 9.90 Å². The van der Waals surface area contributed by atoms with Crippen molar-refractivity contribution in [2.24, 2.45) is 0 Å². The van der Waals surface area contributed by atoms with Gasteiger partial charge in [0.2, 0.25) is 0 Å². The van der Waals surface area contributed by atoms with Gasteiger partial charge in [-0.1, -0.05) is 20.8 Å². The van der Waals surface area contributed by atoms with Gasteiger partial charge in [0, 0.05) is 9.64 Å². The second kappa shape index (κ2) is 4.11. The van der Waals surface area contributed by atoms with E-state index >= 15 is 0 Å². The summed E-state index contributed by atoms with van der Waals surface area (Å²) in [4.78, 5) is 12.2. The molecule has 0 aliphatic heterocycles. The molecule has 0 saturated carbocycles. The monoisotopic (exact) mass is 250 g/mol. The first-order valence-corrected chi connectivity index (χ1v) is 6.13. The summed E-state index contributed by atoms with van der Waals surface area (Å²) in [6, 6.07) is 6.55. The van der Waals surface area contributed by atoms with Crippen LogP contribution in [-0.4, -0.2) is 9.85 Å². The van der Waals surface area contributed by atoms with Crippen molar-refractivity contribution in [1.82, 2.24) is 0 Å². The molecule has 0 radical (unpaired) electrons. The molecule has 0 atom stereocenters. The SMILES string of the molecule is CC(C)(C)Sc1ccc2c(O)cc(=O)oc2c1. The highest BCUT2D eigenvalue weighted by atomic mass is 32.2. The smallest absolute Gasteiger partial charge is 0.339 e. The number of thioether (sulfide) groups is 1. The molecule has 0 unspecified atom stereocenters. The van der Waals surface area contributed by atoms with Crippen molar-refractivity contribution < 1.29 is 9.52 Å². The molecule has 2 aromatic rings. The summed E-state index contributed by atoms with van der Waals surface area (Å²) in [6.45, 7) is 6.33. The normalized spacial score (nSPS) is 11.9. The van der Waals surface area contributed by atoms with Crippen molar-refractivity contribution in [3.63, 3.8) is 0 Å². The van der Waals surface area contributed by atoms with Gasteiger partial charge in [0.1, 0.15) is 11.3 Å². The molecule has 0 fully saturated rings. The molecule has 2 rings (SSSR count). The average Bonchev–Trinajstić information content (AvgIpc) is 2.13. The Morgan fingerprint density at radius 2 is 1.94 bits per heavy atom. The largest absolute Gasteiger partial charge is 0.507 e. The zero-order valence-electron chi connectivity index (χ0n) is 9.98. The second-order valence-electron chi connectivity index (χ2n) is 4.82. The number of aromatic hydroxyl groups is 1. The molecule has 1 aromatic carbocycles. The molecular weight excluding hydrogens is 236 g/mol. The zero-order valence-corrected chi connectivity index (χ0v) is 10.8. The van der Waals surface area contributed by atoms with E-state index < -0.39 is 5.63 Å². The van der Waals surface area contributed by atoms with E-state index in [1.807, 2.05) is 6.07 Å². The Balaban J connectivity index is 2.54. The Morgan fingerprint density at radius 1 is 1.24 bits per heavy atom. The molecule has 0 saturated heterocycles. The van der Waals surface area contributed by atoms with Gasteiger partial charge in [-0.3, -0.25) is 0 Å². The molecule has 3 nitrogen and oxygen atoms in total. The van der Waals surface area contributed by atoms with Crippen molar-refractivity contribution in [2.75, 3.05) is 0 Å². The maximum atomic E-state index is 11.2. The predicted octanol–water partition coefficient (Wildman–Crippen LogP) is 3.39. The van der Waals surface area contributed by atoms with Crippen LogP contribution in [0.4, 0.5) is 0 Å². The zero-order chi connectivity index (χ0) is 12.6. The molecular formula is C13H14O3S. The lowest BCUT2D eigenvalue weighted by Crippen LogP contribution is -2.06. The van der Waals surface area contributed by atoms with Gasteiger partial charge in [-0.15, -0.1) is 11.8 Å². The van der Waals surface area contributed by atoms with Crippen LogP contribution in [0.3, 0.4) is 0 Å². The third-order valence-corrected chi connectivity index (χ3v) is 3.22. The first kappa shape index (κ1) is 12.0. The molecule has 1 N–H and O–H groups in total. The summed E-state index contributed by atoms with van der Waals surface area (Å²) in [7, 11) is 0. The van der Waals surface area contributed by atoms with Gasteiger partial charge in [0.15, 0.2) is 0 Å². The van der Waals surface area contributed by atoms with Crippen LogP contribution in [0.5, 0.6) is 5.75 Å². The van der Waals surface area contributed by atoms with E-state index in [-0.39, 0.29) is 10.5 Å². The quantitative estimate of drug-likeness (QED) is 0.622. The predicted molar refractivity (Wildman–Crippen MR) is 69.8 cm³/mol. The molecule has 4 heteroatoms. The summed E-state index contributed by atoms with van der Waals surface area (Å²) in [5.41, 5.74) is -0.114. The van der Waals surface area contributed by atoms with Gasteiger partial charge in [-0.25, -0.2) is 4.79 Å². The van der Waals surface area contributed by atoms with E-state index in [1.165, 1.54) is 0 Å². The van der Waals surface area contributed by atoms with Crippen LogP contribution < -0.4 is 5.63 Å². The van der Waals surface area contributed by atoms with Gasteiger partial charge in [-0.05, 0) is 18.2 Å². The van der Waals surface area contributed by atoms with Gasteiger partial charge in [0.25, 0.3) is 0 Å².